The summed E-state index contributed by atoms with van der Waals surface area (Å²) in [6.07, 6.45) is -0.756. The molecule has 0 aromatic carbocycles. The highest BCUT2D eigenvalue weighted by atomic mass is 19.4. The van der Waals surface area contributed by atoms with E-state index < -0.39 is 24.3 Å². The summed E-state index contributed by atoms with van der Waals surface area (Å²) < 4.78 is 75.7. The lowest BCUT2D eigenvalue weighted by atomic mass is 10.1. The molecule has 3 aliphatic rings. The summed E-state index contributed by atoms with van der Waals surface area (Å²) in [5, 5.41) is 14.2. The van der Waals surface area contributed by atoms with E-state index in [9.17, 15) is 26.3 Å². The maximum atomic E-state index is 10.6. The Bertz CT molecular complexity index is 795. The van der Waals surface area contributed by atoms with Crippen molar-refractivity contribution < 1.29 is 55.6 Å². The average Bonchev–Trinajstić information content (AvgIpc) is 3.51. The first-order chi connectivity index (χ1) is 16.3. The van der Waals surface area contributed by atoms with Crippen LogP contribution >= 0.6 is 0 Å². The van der Waals surface area contributed by atoms with Crippen LogP contribution in [0.1, 0.15) is 31.2 Å². The number of halogens is 6. The third-order valence-corrected chi connectivity index (χ3v) is 5.51. The topological polar surface area (TPSA) is 109 Å². The van der Waals surface area contributed by atoms with Gasteiger partial charge in [0.25, 0.3) is 0 Å². The smallest absolute Gasteiger partial charge is 0.475 e. The zero-order chi connectivity index (χ0) is 26.2. The van der Waals surface area contributed by atoms with Gasteiger partial charge in [0.05, 0.1) is 18.8 Å². The van der Waals surface area contributed by atoms with Crippen LogP contribution in [0.2, 0.25) is 0 Å². The Kier molecular flexibility index (Phi) is 10.3. The first-order valence-corrected chi connectivity index (χ1v) is 10.8. The van der Waals surface area contributed by atoms with Crippen LogP contribution in [-0.2, 0) is 25.6 Å². The number of ether oxygens (including phenoxy) is 2. The van der Waals surface area contributed by atoms with Gasteiger partial charge in [-0.25, -0.2) is 9.59 Å². The number of rotatable bonds is 5. The van der Waals surface area contributed by atoms with Gasteiger partial charge in [-0.1, -0.05) is 0 Å². The highest BCUT2D eigenvalue weighted by Gasteiger charge is 2.44. The molecule has 0 radical (unpaired) electrons. The number of morpholine rings is 1. The van der Waals surface area contributed by atoms with Crippen molar-refractivity contribution in [3.8, 4) is 0 Å². The van der Waals surface area contributed by atoms with Crippen LogP contribution in [0.5, 0.6) is 0 Å². The highest BCUT2D eigenvalue weighted by molar-refractivity contribution is 5.73. The number of hydrogen-bond acceptors (Lipinski definition) is 6. The van der Waals surface area contributed by atoms with Crippen molar-refractivity contribution in [2.24, 2.45) is 5.92 Å². The SMILES string of the molecule is O=C(O)C(F)(F)F.O=C(O)C(F)(F)F.c1cc(CN2CCO[C@H]3[C@@H](OCC4CC4)CC[C@@H]32)ccn1. The van der Waals surface area contributed by atoms with Gasteiger partial charge < -0.3 is 19.7 Å². The fourth-order valence-corrected chi connectivity index (χ4v) is 3.63. The average molecular weight is 516 g/mol. The first kappa shape index (κ1) is 28.8. The summed E-state index contributed by atoms with van der Waals surface area (Å²) in [7, 11) is 0. The van der Waals surface area contributed by atoms with Gasteiger partial charge in [0.15, 0.2) is 0 Å². The molecular formula is C21H26F6N2O6. The molecule has 2 N–H and O–H groups in total. The number of pyridine rings is 1. The van der Waals surface area contributed by atoms with Crippen molar-refractivity contribution in [3.63, 3.8) is 0 Å². The van der Waals surface area contributed by atoms with Crippen LogP contribution in [0, 0.1) is 5.92 Å². The van der Waals surface area contributed by atoms with Crippen molar-refractivity contribution in [2.45, 2.75) is 62.8 Å². The quantitative estimate of drug-likeness (QED) is 0.573. The molecule has 1 aromatic rings. The summed E-state index contributed by atoms with van der Waals surface area (Å²) in [4.78, 5) is 24.5. The number of aliphatic carboxylic acids is 2. The van der Waals surface area contributed by atoms with E-state index in [2.05, 4.69) is 22.0 Å². The molecule has 3 atom stereocenters. The number of carboxylic acids is 2. The van der Waals surface area contributed by atoms with Crippen molar-refractivity contribution in [2.75, 3.05) is 19.8 Å². The third kappa shape index (κ3) is 9.98. The van der Waals surface area contributed by atoms with Gasteiger partial charge in [-0.2, -0.15) is 26.3 Å². The largest absolute Gasteiger partial charge is 0.490 e. The van der Waals surface area contributed by atoms with E-state index in [1.807, 2.05) is 12.4 Å². The Hall–Kier alpha value is -2.45. The minimum absolute atomic E-state index is 0.277. The third-order valence-electron chi connectivity index (χ3n) is 5.51. The van der Waals surface area contributed by atoms with Crippen LogP contribution in [0.15, 0.2) is 24.5 Å². The lowest BCUT2D eigenvalue weighted by molar-refractivity contribution is -0.193. The highest BCUT2D eigenvalue weighted by Crippen LogP contribution is 2.35. The molecule has 3 fully saturated rings. The maximum Gasteiger partial charge on any atom is 0.490 e. The second-order valence-electron chi connectivity index (χ2n) is 8.23. The molecular weight excluding hydrogens is 490 g/mol. The Labute approximate surface area is 196 Å². The summed E-state index contributed by atoms with van der Waals surface area (Å²) in [5.41, 5.74) is 1.34. The predicted molar refractivity (Wildman–Crippen MR) is 107 cm³/mol. The van der Waals surface area contributed by atoms with Crippen LogP contribution < -0.4 is 0 Å². The molecule has 2 aliphatic carbocycles. The van der Waals surface area contributed by atoms with Crippen LogP contribution in [0.4, 0.5) is 26.3 Å². The number of nitrogens with zero attached hydrogens (tertiary/aromatic N) is 2. The predicted octanol–water partition coefficient (Wildman–Crippen LogP) is 3.51. The Morgan fingerprint density at radius 1 is 1.00 bits per heavy atom. The molecule has 0 unspecified atom stereocenters. The van der Waals surface area contributed by atoms with Crippen LogP contribution in [0.25, 0.3) is 0 Å². The van der Waals surface area contributed by atoms with Gasteiger partial charge in [0.1, 0.15) is 0 Å². The number of carbonyl (C=O) groups is 2. The lowest BCUT2D eigenvalue weighted by Crippen LogP contribution is -2.51. The summed E-state index contributed by atoms with van der Waals surface area (Å²) in [6, 6.07) is 4.75. The van der Waals surface area contributed by atoms with E-state index in [4.69, 9.17) is 29.3 Å². The molecule has 1 saturated heterocycles. The molecule has 1 aliphatic heterocycles. The normalized spacial score (nSPS) is 24.3. The molecule has 0 spiro atoms. The molecule has 4 rings (SSSR count). The first-order valence-electron chi connectivity index (χ1n) is 10.8. The molecule has 1 aromatic heterocycles. The Balaban J connectivity index is 0.000000257. The van der Waals surface area contributed by atoms with Gasteiger partial charge in [-0.15, -0.1) is 0 Å². The van der Waals surface area contributed by atoms with Crippen molar-refractivity contribution in [3.05, 3.63) is 30.1 Å². The van der Waals surface area contributed by atoms with Gasteiger partial charge in [-0.3, -0.25) is 9.88 Å². The van der Waals surface area contributed by atoms with E-state index in [0.717, 1.165) is 38.6 Å². The molecule has 14 heteroatoms. The standard InChI is InChI=1S/C17H24N2O2.2C2HF3O2/c1-2-14(1)12-21-16-4-3-15-17(16)20-10-9-19(15)11-13-5-7-18-8-6-13;2*3-2(4,5)1(6)7/h5-8,14-17H,1-4,9-12H2;2*(H,6,7)/t15-,16-,17+;;/m0../s1. The van der Waals surface area contributed by atoms with E-state index >= 15 is 0 Å². The van der Waals surface area contributed by atoms with Crippen molar-refractivity contribution in [1.29, 1.82) is 0 Å². The molecule has 0 bridgehead atoms. The Morgan fingerprint density at radius 3 is 2.03 bits per heavy atom. The lowest BCUT2D eigenvalue weighted by Gasteiger charge is -2.39. The van der Waals surface area contributed by atoms with E-state index in [0.29, 0.717) is 12.1 Å². The zero-order valence-electron chi connectivity index (χ0n) is 18.5. The van der Waals surface area contributed by atoms with E-state index in [1.165, 1.54) is 24.8 Å². The summed E-state index contributed by atoms with van der Waals surface area (Å²) >= 11 is 0. The van der Waals surface area contributed by atoms with Crippen LogP contribution in [-0.4, -0.2) is 82.4 Å². The number of aromatic nitrogens is 1. The number of alkyl halides is 6. The van der Waals surface area contributed by atoms with E-state index in [-0.39, 0.29) is 6.10 Å². The monoisotopic (exact) mass is 516 g/mol. The summed E-state index contributed by atoms with van der Waals surface area (Å²) in [5.74, 6) is -4.68. The second-order valence-corrected chi connectivity index (χ2v) is 8.23. The fraction of sp³-hybridized carbons (Fsp3) is 0.667. The second kappa shape index (κ2) is 12.5. The molecule has 0 amide bonds. The molecule has 2 saturated carbocycles. The van der Waals surface area contributed by atoms with E-state index in [1.54, 1.807) is 0 Å². The number of fused-ring (bicyclic) bond motifs is 1. The molecule has 35 heavy (non-hydrogen) atoms. The zero-order valence-corrected chi connectivity index (χ0v) is 18.5. The minimum atomic E-state index is -5.08. The van der Waals surface area contributed by atoms with Crippen molar-refractivity contribution >= 4 is 11.9 Å². The Morgan fingerprint density at radius 2 is 1.54 bits per heavy atom. The van der Waals surface area contributed by atoms with Gasteiger partial charge in [0, 0.05) is 38.1 Å². The van der Waals surface area contributed by atoms with Crippen molar-refractivity contribution in [1.82, 2.24) is 9.88 Å². The summed E-state index contributed by atoms with van der Waals surface area (Å²) in [6.45, 7) is 3.80. The minimum Gasteiger partial charge on any atom is -0.475 e. The fourth-order valence-electron chi connectivity index (χ4n) is 3.63. The van der Waals surface area contributed by atoms with Gasteiger partial charge in [-0.05, 0) is 49.3 Å². The molecule has 198 valence electrons. The molecule has 8 nitrogen and oxygen atoms in total. The van der Waals surface area contributed by atoms with Crippen LogP contribution in [0.3, 0.4) is 0 Å². The molecule has 2 heterocycles. The van der Waals surface area contributed by atoms with Gasteiger partial charge >= 0.3 is 24.3 Å². The number of hydrogen-bond donors (Lipinski definition) is 2. The maximum absolute atomic E-state index is 10.6. The van der Waals surface area contributed by atoms with Gasteiger partial charge in [0.2, 0.25) is 0 Å². The number of carboxylic acid groups (broad SMARTS) is 2.